The van der Waals surface area contributed by atoms with Crippen molar-refractivity contribution in [1.82, 2.24) is 0 Å². The second-order valence-electron chi connectivity index (χ2n) is 4.45. The van der Waals surface area contributed by atoms with E-state index in [2.05, 4.69) is 22.0 Å². The summed E-state index contributed by atoms with van der Waals surface area (Å²) in [4.78, 5) is 0. The van der Waals surface area contributed by atoms with Gasteiger partial charge in [0.2, 0.25) is 0 Å². The van der Waals surface area contributed by atoms with Crippen molar-refractivity contribution in [2.24, 2.45) is 0 Å². The van der Waals surface area contributed by atoms with Crippen molar-refractivity contribution in [2.75, 3.05) is 7.11 Å². The maximum atomic E-state index is 6.16. The molecule has 0 heterocycles. The van der Waals surface area contributed by atoms with Gasteiger partial charge >= 0.3 is 0 Å². The Labute approximate surface area is 132 Å². The van der Waals surface area contributed by atoms with Crippen LogP contribution in [0.5, 0.6) is 11.5 Å². The molecule has 0 fully saturated rings. The number of halogens is 2. The molecule has 106 valence electrons. The van der Waals surface area contributed by atoms with E-state index in [9.17, 15) is 0 Å². The number of ether oxygens (including phenoxy) is 2. The summed E-state index contributed by atoms with van der Waals surface area (Å²) >= 11 is 9.60. The van der Waals surface area contributed by atoms with Crippen LogP contribution in [0.15, 0.2) is 36.4 Å². The lowest BCUT2D eigenvalue weighted by molar-refractivity contribution is 0.294. The van der Waals surface area contributed by atoms with Crippen molar-refractivity contribution in [2.45, 2.75) is 18.9 Å². The summed E-state index contributed by atoms with van der Waals surface area (Å²) < 4.78 is 11.3. The first-order valence-corrected chi connectivity index (χ1v) is 7.75. The lowest BCUT2D eigenvalue weighted by Crippen LogP contribution is -2.01. The number of hydrogen-bond donors (Lipinski definition) is 0. The lowest BCUT2D eigenvalue weighted by Gasteiger charge is -2.14. The topological polar surface area (TPSA) is 18.5 Å². The number of rotatable bonds is 5. The monoisotopic (exact) mass is 354 g/mol. The zero-order valence-corrected chi connectivity index (χ0v) is 13.8. The summed E-state index contributed by atoms with van der Waals surface area (Å²) in [5, 5.41) is 1.36. The minimum absolute atomic E-state index is 0.450. The van der Waals surface area contributed by atoms with Gasteiger partial charge < -0.3 is 9.47 Å². The predicted molar refractivity (Wildman–Crippen MR) is 86.1 cm³/mol. The van der Waals surface area contributed by atoms with Crippen LogP contribution in [0.4, 0.5) is 0 Å². The molecule has 2 nitrogen and oxygen atoms in total. The van der Waals surface area contributed by atoms with Crippen molar-refractivity contribution >= 4 is 27.5 Å². The highest BCUT2D eigenvalue weighted by Crippen LogP contribution is 2.30. The summed E-state index contributed by atoms with van der Waals surface area (Å²) in [6.07, 6.45) is 0. The Kier molecular flexibility index (Phi) is 5.32. The minimum Gasteiger partial charge on any atom is -0.496 e. The Morgan fingerprint density at radius 1 is 1.15 bits per heavy atom. The van der Waals surface area contributed by atoms with E-state index in [4.69, 9.17) is 21.1 Å². The third kappa shape index (κ3) is 3.47. The van der Waals surface area contributed by atoms with Gasteiger partial charge in [0, 0.05) is 21.5 Å². The van der Waals surface area contributed by atoms with Gasteiger partial charge in [-0.2, -0.15) is 0 Å². The van der Waals surface area contributed by atoms with E-state index in [-0.39, 0.29) is 0 Å². The first-order valence-electron chi connectivity index (χ1n) is 6.25. The van der Waals surface area contributed by atoms with Gasteiger partial charge in [-0.25, -0.2) is 0 Å². The number of hydrogen-bond acceptors (Lipinski definition) is 2. The van der Waals surface area contributed by atoms with Gasteiger partial charge in [0.1, 0.15) is 18.1 Å². The van der Waals surface area contributed by atoms with Crippen LogP contribution >= 0.6 is 27.5 Å². The quantitative estimate of drug-likeness (QED) is 0.692. The molecule has 0 spiro atoms. The minimum atomic E-state index is 0.450. The second-order valence-corrected chi connectivity index (χ2v) is 5.42. The Morgan fingerprint density at radius 2 is 1.95 bits per heavy atom. The van der Waals surface area contributed by atoms with Crippen LogP contribution < -0.4 is 9.47 Å². The summed E-state index contributed by atoms with van der Waals surface area (Å²) in [6, 6.07) is 11.7. The average molecular weight is 356 g/mol. The van der Waals surface area contributed by atoms with Gasteiger partial charge in [-0.15, -0.1) is 0 Å². The smallest absolute Gasteiger partial charge is 0.125 e. The Balaban J connectivity index is 2.21. The molecule has 0 aliphatic carbocycles. The van der Waals surface area contributed by atoms with Crippen molar-refractivity contribution in [3.05, 3.63) is 58.1 Å². The van der Waals surface area contributed by atoms with E-state index in [1.165, 1.54) is 5.56 Å². The molecular formula is C16H16BrClO2. The molecule has 0 saturated heterocycles. The van der Waals surface area contributed by atoms with Crippen molar-refractivity contribution < 1.29 is 9.47 Å². The highest BCUT2D eigenvalue weighted by molar-refractivity contribution is 9.08. The molecule has 0 aliphatic rings. The molecule has 2 rings (SSSR count). The van der Waals surface area contributed by atoms with Crippen LogP contribution in [0.3, 0.4) is 0 Å². The van der Waals surface area contributed by atoms with Gasteiger partial charge in [0.25, 0.3) is 0 Å². The normalized spacial score (nSPS) is 10.4. The summed E-state index contributed by atoms with van der Waals surface area (Å²) in [5.41, 5.74) is 3.16. The Bertz CT molecular complexity index is 597. The highest BCUT2D eigenvalue weighted by Gasteiger charge is 2.09. The van der Waals surface area contributed by atoms with E-state index >= 15 is 0 Å². The maximum Gasteiger partial charge on any atom is 0.125 e. The van der Waals surface area contributed by atoms with Crippen LogP contribution in [0, 0.1) is 6.92 Å². The van der Waals surface area contributed by atoms with Crippen LogP contribution in [0.2, 0.25) is 5.02 Å². The fourth-order valence-corrected chi connectivity index (χ4v) is 2.95. The van der Waals surface area contributed by atoms with E-state index in [1.807, 2.05) is 37.3 Å². The lowest BCUT2D eigenvalue weighted by atomic mass is 10.1. The molecule has 0 aromatic heterocycles. The standard InChI is InChI=1S/C16H16BrClO2/c1-11-6-7-15(19-2)12(8-11)10-20-16-5-3-4-14(18)13(16)9-17/h3-8H,9-10H2,1-2H3. The largest absolute Gasteiger partial charge is 0.496 e. The Morgan fingerprint density at radius 3 is 2.65 bits per heavy atom. The first-order chi connectivity index (χ1) is 9.65. The molecule has 0 amide bonds. The molecule has 0 aliphatic heterocycles. The van der Waals surface area contributed by atoms with E-state index in [1.54, 1.807) is 7.11 Å². The molecule has 0 bridgehead atoms. The molecule has 0 saturated carbocycles. The molecule has 0 radical (unpaired) electrons. The fraction of sp³-hybridized carbons (Fsp3) is 0.250. The van der Waals surface area contributed by atoms with Gasteiger partial charge in [-0.3, -0.25) is 0 Å². The maximum absolute atomic E-state index is 6.16. The van der Waals surface area contributed by atoms with E-state index in [0.29, 0.717) is 17.0 Å². The molecule has 20 heavy (non-hydrogen) atoms. The molecule has 2 aromatic carbocycles. The average Bonchev–Trinajstić information content (AvgIpc) is 2.45. The molecule has 2 aromatic rings. The third-order valence-corrected chi connectivity index (χ3v) is 3.94. The van der Waals surface area contributed by atoms with Crippen LogP contribution in [-0.4, -0.2) is 7.11 Å². The molecular weight excluding hydrogens is 340 g/mol. The second kappa shape index (κ2) is 7.00. The van der Waals surface area contributed by atoms with Crippen molar-refractivity contribution in [3.63, 3.8) is 0 Å². The molecule has 4 heteroatoms. The molecule has 0 atom stereocenters. The third-order valence-electron chi connectivity index (χ3n) is 3.03. The zero-order valence-electron chi connectivity index (χ0n) is 11.5. The zero-order chi connectivity index (χ0) is 14.5. The number of alkyl halides is 1. The first kappa shape index (κ1) is 15.2. The fourth-order valence-electron chi connectivity index (χ4n) is 1.98. The summed E-state index contributed by atoms with van der Waals surface area (Å²) in [5.74, 6) is 1.62. The molecule has 0 N–H and O–H groups in total. The van der Waals surface area contributed by atoms with Gasteiger partial charge in [0.15, 0.2) is 0 Å². The van der Waals surface area contributed by atoms with Crippen LogP contribution in [0.1, 0.15) is 16.7 Å². The number of aryl methyl sites for hydroxylation is 1. The van der Waals surface area contributed by atoms with Crippen molar-refractivity contribution in [1.29, 1.82) is 0 Å². The van der Waals surface area contributed by atoms with Crippen molar-refractivity contribution in [3.8, 4) is 11.5 Å². The highest BCUT2D eigenvalue weighted by atomic mass is 79.9. The van der Waals surface area contributed by atoms with Gasteiger partial charge in [-0.1, -0.05) is 45.2 Å². The summed E-state index contributed by atoms with van der Waals surface area (Å²) in [6.45, 7) is 2.50. The van der Waals surface area contributed by atoms with Crippen LogP contribution in [-0.2, 0) is 11.9 Å². The molecule has 0 unspecified atom stereocenters. The van der Waals surface area contributed by atoms with E-state index < -0.39 is 0 Å². The van der Waals surface area contributed by atoms with E-state index in [0.717, 1.165) is 22.6 Å². The number of benzene rings is 2. The Hall–Kier alpha value is -1.19. The van der Waals surface area contributed by atoms with Crippen LogP contribution in [0.25, 0.3) is 0 Å². The van der Waals surface area contributed by atoms with Gasteiger partial charge in [0.05, 0.1) is 7.11 Å². The SMILES string of the molecule is COc1ccc(C)cc1COc1cccc(Cl)c1CBr. The van der Waals surface area contributed by atoms with Gasteiger partial charge in [-0.05, 0) is 31.2 Å². The summed E-state index contributed by atoms with van der Waals surface area (Å²) in [7, 11) is 1.66. The number of methoxy groups -OCH3 is 1. The predicted octanol–water partition coefficient (Wildman–Crippen LogP) is 5.13.